The highest BCUT2D eigenvalue weighted by Crippen LogP contribution is 2.28. The van der Waals surface area contributed by atoms with Crippen molar-refractivity contribution in [2.75, 3.05) is 19.7 Å². The summed E-state index contributed by atoms with van der Waals surface area (Å²) in [5.74, 6) is 0.494. The lowest BCUT2D eigenvalue weighted by molar-refractivity contribution is -0.131. The first-order valence-corrected chi connectivity index (χ1v) is 12.1. The fourth-order valence-electron chi connectivity index (χ4n) is 4.22. The first kappa shape index (κ1) is 26.7. The van der Waals surface area contributed by atoms with E-state index < -0.39 is 12.1 Å². The quantitative estimate of drug-likeness (QED) is 0.435. The van der Waals surface area contributed by atoms with Crippen molar-refractivity contribution >= 4 is 12.0 Å². The Kier molecular flexibility index (Phi) is 11.7. The molecular weight excluding hydrogens is 416 g/mol. The zero-order valence-corrected chi connectivity index (χ0v) is 20.2. The Morgan fingerprint density at radius 2 is 1.97 bits per heavy atom. The average Bonchev–Trinajstić information content (AvgIpc) is 3.07. The van der Waals surface area contributed by atoms with Crippen LogP contribution in [0.2, 0.25) is 0 Å². The summed E-state index contributed by atoms with van der Waals surface area (Å²) < 4.78 is 5.21. The van der Waals surface area contributed by atoms with Crippen LogP contribution in [0, 0.1) is 5.92 Å². The largest absolute Gasteiger partial charge is 0.445 e. The molecule has 0 saturated carbocycles. The molecule has 0 spiro atoms. The van der Waals surface area contributed by atoms with Gasteiger partial charge in [-0.2, -0.15) is 0 Å². The number of hydrogen-bond acceptors (Lipinski definition) is 4. The molecule has 1 aliphatic rings. The van der Waals surface area contributed by atoms with Gasteiger partial charge < -0.3 is 20.1 Å². The van der Waals surface area contributed by atoms with Gasteiger partial charge in [0.1, 0.15) is 6.61 Å². The van der Waals surface area contributed by atoms with Gasteiger partial charge >= 0.3 is 6.09 Å². The molecule has 0 aliphatic carbocycles. The molecule has 0 aromatic heterocycles. The minimum Gasteiger partial charge on any atom is -0.445 e. The molecule has 2 atom stereocenters. The normalized spacial score (nSPS) is 15.7. The molecule has 0 bridgehead atoms. The molecule has 33 heavy (non-hydrogen) atoms. The molecule has 6 heteroatoms. The second kappa shape index (κ2) is 14.5. The molecule has 1 aromatic rings. The smallest absolute Gasteiger partial charge is 0.407 e. The third-order valence-electron chi connectivity index (χ3n) is 6.09. The maximum Gasteiger partial charge on any atom is 0.407 e. The van der Waals surface area contributed by atoms with Crippen LogP contribution in [-0.2, 0) is 16.1 Å². The number of ether oxygens (including phenoxy) is 1. The topological polar surface area (TPSA) is 78.9 Å². The summed E-state index contributed by atoms with van der Waals surface area (Å²) in [6.45, 7) is 9.50. The van der Waals surface area contributed by atoms with Crippen molar-refractivity contribution in [3.8, 4) is 0 Å². The van der Waals surface area contributed by atoms with Crippen LogP contribution in [-0.4, -0.2) is 47.7 Å². The van der Waals surface area contributed by atoms with Gasteiger partial charge in [-0.3, -0.25) is 4.79 Å². The summed E-state index contributed by atoms with van der Waals surface area (Å²) in [6, 6.07) is 8.71. The molecule has 2 amide bonds. The average molecular weight is 457 g/mol. The second-order valence-electron chi connectivity index (χ2n) is 8.97. The van der Waals surface area contributed by atoms with Crippen LogP contribution in [0.3, 0.4) is 0 Å². The molecule has 2 rings (SSSR count). The van der Waals surface area contributed by atoms with Gasteiger partial charge in [-0.05, 0) is 50.5 Å². The molecule has 1 heterocycles. The number of hydrogen-bond donors (Lipinski definition) is 2. The van der Waals surface area contributed by atoms with E-state index in [1.165, 1.54) is 11.1 Å². The number of amides is 2. The summed E-state index contributed by atoms with van der Waals surface area (Å²) >= 11 is 0. The lowest BCUT2D eigenvalue weighted by atomic mass is 9.86. The summed E-state index contributed by atoms with van der Waals surface area (Å²) in [5.41, 5.74) is 3.54. The van der Waals surface area contributed by atoms with Gasteiger partial charge in [0.2, 0.25) is 5.91 Å². The molecule has 6 nitrogen and oxygen atoms in total. The van der Waals surface area contributed by atoms with Gasteiger partial charge in [0.25, 0.3) is 0 Å². The monoisotopic (exact) mass is 456 g/mol. The summed E-state index contributed by atoms with van der Waals surface area (Å²) in [4.78, 5) is 26.8. The van der Waals surface area contributed by atoms with E-state index in [0.717, 1.165) is 44.1 Å². The Labute approximate surface area is 198 Å². The molecule has 2 N–H and O–H groups in total. The molecule has 0 saturated heterocycles. The van der Waals surface area contributed by atoms with Gasteiger partial charge in [0.15, 0.2) is 0 Å². The third-order valence-corrected chi connectivity index (χ3v) is 6.09. The van der Waals surface area contributed by atoms with Crippen molar-refractivity contribution in [1.29, 1.82) is 0 Å². The standard InChI is InChI=1S/C27H40N2O4/c1-4-9-23(14-13-21(2)3)24-12-8-16-29(17-15-24)26(31)18-25(19-30)28-27(32)33-20-22-10-6-5-7-11-22/h5-7,10-12,23,25,30H,2,4,8-9,13-20H2,1,3H3,(H,28,32)/t23?,25-/m1/s1. The van der Waals surface area contributed by atoms with Crippen LogP contribution < -0.4 is 5.32 Å². The first-order chi connectivity index (χ1) is 15.9. The Morgan fingerprint density at radius 3 is 2.64 bits per heavy atom. The van der Waals surface area contributed by atoms with Gasteiger partial charge in [-0.25, -0.2) is 4.79 Å². The minimum atomic E-state index is -0.667. The molecule has 1 aliphatic heterocycles. The van der Waals surface area contributed by atoms with Crippen molar-refractivity contribution in [3.63, 3.8) is 0 Å². The van der Waals surface area contributed by atoms with Crippen molar-refractivity contribution in [2.45, 2.75) is 71.4 Å². The molecule has 182 valence electrons. The second-order valence-corrected chi connectivity index (χ2v) is 8.97. The van der Waals surface area contributed by atoms with Crippen molar-refractivity contribution in [3.05, 3.63) is 59.7 Å². The van der Waals surface area contributed by atoms with Crippen LogP contribution in [0.1, 0.15) is 64.4 Å². The number of allylic oxidation sites excluding steroid dienone is 1. The van der Waals surface area contributed by atoms with Gasteiger partial charge in [0, 0.05) is 19.5 Å². The number of carbonyl (C=O) groups excluding carboxylic acids is 2. The van der Waals surface area contributed by atoms with E-state index in [0.29, 0.717) is 19.0 Å². The zero-order chi connectivity index (χ0) is 24.1. The number of alkyl carbamates (subject to hydrolysis) is 1. The van der Waals surface area contributed by atoms with Crippen molar-refractivity contribution in [1.82, 2.24) is 10.2 Å². The number of nitrogens with zero attached hydrogens (tertiary/aromatic N) is 1. The van der Waals surface area contributed by atoms with Crippen LogP contribution >= 0.6 is 0 Å². The van der Waals surface area contributed by atoms with Crippen LogP contribution in [0.25, 0.3) is 0 Å². The lowest BCUT2D eigenvalue weighted by Crippen LogP contribution is -2.43. The number of aliphatic hydroxyl groups excluding tert-OH is 1. The summed E-state index contributed by atoms with van der Waals surface area (Å²) in [6.07, 6.45) is 7.91. The SMILES string of the molecule is C=C(C)CCC(CCC)C1=CCCN(C(=O)C[C@H](CO)NC(=O)OCc2ccccc2)CC1. The van der Waals surface area contributed by atoms with E-state index in [4.69, 9.17) is 4.74 Å². The maximum absolute atomic E-state index is 12.9. The number of benzene rings is 1. The fourth-order valence-corrected chi connectivity index (χ4v) is 4.22. The van der Waals surface area contributed by atoms with Gasteiger partial charge in [-0.15, -0.1) is 6.58 Å². The van der Waals surface area contributed by atoms with E-state index in [1.807, 2.05) is 35.2 Å². The van der Waals surface area contributed by atoms with Crippen LogP contribution in [0.4, 0.5) is 4.79 Å². The van der Waals surface area contributed by atoms with E-state index >= 15 is 0 Å². The highest BCUT2D eigenvalue weighted by atomic mass is 16.5. The molecule has 0 fully saturated rings. The maximum atomic E-state index is 12.9. The Hall–Kier alpha value is -2.60. The van der Waals surface area contributed by atoms with E-state index in [1.54, 1.807) is 0 Å². The molecule has 1 unspecified atom stereocenters. The van der Waals surface area contributed by atoms with Crippen LogP contribution in [0.5, 0.6) is 0 Å². The lowest BCUT2D eigenvalue weighted by Gasteiger charge is -2.25. The van der Waals surface area contributed by atoms with Gasteiger partial charge in [-0.1, -0.05) is 60.9 Å². The van der Waals surface area contributed by atoms with Gasteiger partial charge in [0.05, 0.1) is 12.6 Å². The Morgan fingerprint density at radius 1 is 1.21 bits per heavy atom. The predicted molar refractivity (Wildman–Crippen MR) is 132 cm³/mol. The highest BCUT2D eigenvalue weighted by Gasteiger charge is 2.23. The molecular formula is C27H40N2O4. The first-order valence-electron chi connectivity index (χ1n) is 12.1. The number of rotatable bonds is 12. The minimum absolute atomic E-state index is 0.0546. The number of nitrogens with one attached hydrogen (secondary N) is 1. The Bertz CT molecular complexity index is 791. The third kappa shape index (κ3) is 9.82. The van der Waals surface area contributed by atoms with Crippen molar-refractivity contribution < 1.29 is 19.4 Å². The summed E-state index contributed by atoms with van der Waals surface area (Å²) in [7, 11) is 0. The van der Waals surface area contributed by atoms with Crippen LogP contribution in [0.15, 0.2) is 54.1 Å². The number of aliphatic hydroxyl groups is 1. The predicted octanol–water partition coefficient (Wildman–Crippen LogP) is 4.99. The van der Waals surface area contributed by atoms with E-state index in [2.05, 4.69) is 31.8 Å². The zero-order valence-electron chi connectivity index (χ0n) is 20.2. The fraction of sp³-hybridized carbons (Fsp3) is 0.556. The number of carbonyl (C=O) groups is 2. The summed E-state index contributed by atoms with van der Waals surface area (Å²) in [5, 5.41) is 12.3. The molecule has 1 aromatic carbocycles. The van der Waals surface area contributed by atoms with E-state index in [9.17, 15) is 14.7 Å². The molecule has 0 radical (unpaired) electrons. The van der Waals surface area contributed by atoms with E-state index in [-0.39, 0.29) is 25.5 Å². The Balaban J connectivity index is 1.82. The highest BCUT2D eigenvalue weighted by molar-refractivity contribution is 5.78. The van der Waals surface area contributed by atoms with Crippen molar-refractivity contribution in [2.24, 2.45) is 5.92 Å².